The van der Waals surface area contributed by atoms with Crippen molar-refractivity contribution in [2.24, 2.45) is 0 Å². The Morgan fingerprint density at radius 2 is 2.14 bits per heavy atom. The lowest BCUT2D eigenvalue weighted by atomic mass is 10.3. The van der Waals surface area contributed by atoms with Crippen molar-refractivity contribution in [3.05, 3.63) is 29.8 Å². The zero-order valence-electron chi connectivity index (χ0n) is 12.0. The van der Waals surface area contributed by atoms with E-state index in [1.807, 2.05) is 0 Å². The first-order chi connectivity index (χ1) is 9.84. The number of nitrogens with two attached hydrogens (primary N) is 1. The van der Waals surface area contributed by atoms with Gasteiger partial charge in [0, 0.05) is 13.1 Å². The molecule has 0 bridgehead atoms. The van der Waals surface area contributed by atoms with E-state index in [1.165, 1.54) is 36.7 Å². The largest absolute Gasteiger partial charge is 0.495 e. The average molecular weight is 311 g/mol. The lowest BCUT2D eigenvalue weighted by Gasteiger charge is -2.16. The molecule has 2 rings (SSSR count). The maximum Gasteiger partial charge on any atom is 0.243 e. The molecular weight excluding hydrogens is 294 g/mol. The van der Waals surface area contributed by atoms with Crippen LogP contribution in [0.1, 0.15) is 11.6 Å². The van der Waals surface area contributed by atoms with E-state index in [2.05, 4.69) is 15.2 Å². The van der Waals surface area contributed by atoms with Gasteiger partial charge in [0.25, 0.3) is 0 Å². The molecule has 1 aromatic carbocycles. The number of aryl methyl sites for hydroxylation is 1. The zero-order valence-corrected chi connectivity index (χ0v) is 12.8. The summed E-state index contributed by atoms with van der Waals surface area (Å²) in [7, 11) is -0.778. The van der Waals surface area contributed by atoms with Crippen molar-refractivity contribution >= 4 is 15.7 Å². The molecule has 0 atom stereocenters. The summed E-state index contributed by atoms with van der Waals surface area (Å²) >= 11 is 0. The van der Waals surface area contributed by atoms with Gasteiger partial charge in [0.2, 0.25) is 10.0 Å². The maximum absolute atomic E-state index is 12.5. The number of aromatic amines is 1. The molecule has 0 saturated heterocycles. The number of sulfonamides is 1. The van der Waals surface area contributed by atoms with Gasteiger partial charge in [-0.15, -0.1) is 0 Å². The van der Waals surface area contributed by atoms with E-state index in [-0.39, 0.29) is 11.4 Å². The number of nitrogen functional groups attached to an aromatic ring is 1. The Kier molecular flexibility index (Phi) is 4.14. The lowest BCUT2D eigenvalue weighted by Crippen LogP contribution is -2.27. The number of aromatic nitrogens is 3. The van der Waals surface area contributed by atoms with E-state index < -0.39 is 10.0 Å². The molecular formula is C12H17N5O3S. The predicted molar refractivity (Wildman–Crippen MR) is 77.2 cm³/mol. The molecule has 0 radical (unpaired) electrons. The fourth-order valence-corrected chi connectivity index (χ4v) is 2.92. The van der Waals surface area contributed by atoms with Crippen LogP contribution in [-0.2, 0) is 16.6 Å². The van der Waals surface area contributed by atoms with E-state index >= 15 is 0 Å². The van der Waals surface area contributed by atoms with Crippen LogP contribution in [0, 0.1) is 6.92 Å². The van der Waals surface area contributed by atoms with Gasteiger partial charge in [-0.3, -0.25) is 5.10 Å². The van der Waals surface area contributed by atoms with E-state index in [4.69, 9.17) is 10.5 Å². The van der Waals surface area contributed by atoms with Crippen molar-refractivity contribution in [3.8, 4) is 5.75 Å². The summed E-state index contributed by atoms with van der Waals surface area (Å²) in [6.45, 7) is 1.81. The second-order valence-corrected chi connectivity index (χ2v) is 6.55. The standard InChI is InChI=1S/C12H17N5O3S/c1-8-14-12(16-15-8)7-17(2)21(18,19)9-4-5-10(13)11(6-9)20-3/h4-6H,7,13H2,1-3H3,(H,14,15,16). The summed E-state index contributed by atoms with van der Waals surface area (Å²) in [4.78, 5) is 4.19. The van der Waals surface area contributed by atoms with Crippen molar-refractivity contribution in [3.63, 3.8) is 0 Å². The second kappa shape index (κ2) is 5.70. The summed E-state index contributed by atoms with van der Waals surface area (Å²) in [6.07, 6.45) is 0. The van der Waals surface area contributed by atoms with Crippen LogP contribution in [0.5, 0.6) is 5.75 Å². The molecule has 0 aliphatic carbocycles. The third-order valence-corrected chi connectivity index (χ3v) is 4.72. The molecule has 0 spiro atoms. The number of rotatable bonds is 5. The van der Waals surface area contributed by atoms with Crippen LogP contribution >= 0.6 is 0 Å². The van der Waals surface area contributed by atoms with Gasteiger partial charge < -0.3 is 10.5 Å². The van der Waals surface area contributed by atoms with Gasteiger partial charge in [0.05, 0.1) is 24.2 Å². The van der Waals surface area contributed by atoms with Gasteiger partial charge in [0.1, 0.15) is 11.6 Å². The molecule has 0 unspecified atom stereocenters. The number of benzene rings is 1. The minimum absolute atomic E-state index is 0.0688. The Labute approximate surface area is 123 Å². The molecule has 1 heterocycles. The van der Waals surface area contributed by atoms with Gasteiger partial charge in [-0.2, -0.15) is 9.40 Å². The summed E-state index contributed by atoms with van der Waals surface area (Å²) in [5.41, 5.74) is 6.07. The molecule has 114 valence electrons. The minimum Gasteiger partial charge on any atom is -0.495 e. The number of methoxy groups -OCH3 is 1. The van der Waals surface area contributed by atoms with Gasteiger partial charge in [-0.05, 0) is 19.1 Å². The van der Waals surface area contributed by atoms with E-state index in [1.54, 1.807) is 6.92 Å². The molecule has 9 heteroatoms. The summed E-state index contributed by atoms with van der Waals surface area (Å²) in [5, 5.41) is 6.60. The van der Waals surface area contributed by atoms with Gasteiger partial charge in [-0.25, -0.2) is 13.4 Å². The van der Waals surface area contributed by atoms with Crippen LogP contribution in [0.2, 0.25) is 0 Å². The maximum atomic E-state index is 12.5. The van der Waals surface area contributed by atoms with Crippen LogP contribution < -0.4 is 10.5 Å². The summed E-state index contributed by atoms with van der Waals surface area (Å²) in [5.74, 6) is 1.35. The first kappa shape index (κ1) is 15.3. The molecule has 0 aliphatic heterocycles. The van der Waals surface area contributed by atoms with E-state index in [0.717, 1.165) is 0 Å². The van der Waals surface area contributed by atoms with Crippen LogP contribution in [0.3, 0.4) is 0 Å². The molecule has 2 aromatic rings. The highest BCUT2D eigenvalue weighted by Crippen LogP contribution is 2.26. The van der Waals surface area contributed by atoms with Crippen LogP contribution in [0.4, 0.5) is 5.69 Å². The van der Waals surface area contributed by atoms with Crippen molar-refractivity contribution in [2.45, 2.75) is 18.4 Å². The van der Waals surface area contributed by atoms with E-state index in [0.29, 0.717) is 23.1 Å². The van der Waals surface area contributed by atoms with Crippen molar-refractivity contribution in [2.75, 3.05) is 19.9 Å². The predicted octanol–water partition coefficient (Wildman–Crippen LogP) is 0.525. The van der Waals surface area contributed by atoms with Crippen molar-refractivity contribution in [1.82, 2.24) is 19.5 Å². The number of ether oxygens (including phenoxy) is 1. The monoisotopic (exact) mass is 311 g/mol. The fourth-order valence-electron chi connectivity index (χ4n) is 1.78. The number of hydrogen-bond acceptors (Lipinski definition) is 6. The molecule has 8 nitrogen and oxygen atoms in total. The molecule has 3 N–H and O–H groups in total. The lowest BCUT2D eigenvalue weighted by molar-refractivity contribution is 0.414. The Morgan fingerprint density at radius 3 is 2.71 bits per heavy atom. The van der Waals surface area contributed by atoms with Crippen LogP contribution in [0.15, 0.2) is 23.1 Å². The topological polar surface area (TPSA) is 114 Å². The molecule has 0 saturated carbocycles. The first-order valence-electron chi connectivity index (χ1n) is 6.12. The highest BCUT2D eigenvalue weighted by molar-refractivity contribution is 7.89. The minimum atomic E-state index is -3.67. The molecule has 1 aromatic heterocycles. The normalized spacial score (nSPS) is 11.8. The number of hydrogen-bond donors (Lipinski definition) is 2. The molecule has 0 fully saturated rings. The Hall–Kier alpha value is -2.13. The summed E-state index contributed by atoms with van der Waals surface area (Å²) in [6, 6.07) is 4.33. The Balaban J connectivity index is 2.28. The number of nitrogens with one attached hydrogen (secondary N) is 1. The smallest absolute Gasteiger partial charge is 0.243 e. The number of H-pyrrole nitrogens is 1. The fraction of sp³-hybridized carbons (Fsp3) is 0.333. The highest BCUT2D eigenvalue weighted by atomic mass is 32.2. The van der Waals surface area contributed by atoms with Crippen molar-refractivity contribution < 1.29 is 13.2 Å². The van der Waals surface area contributed by atoms with Crippen molar-refractivity contribution in [1.29, 1.82) is 0 Å². The van der Waals surface area contributed by atoms with Gasteiger partial charge in [-0.1, -0.05) is 0 Å². The number of anilines is 1. The average Bonchev–Trinajstić information content (AvgIpc) is 2.84. The Bertz CT molecular complexity index is 741. The second-order valence-electron chi connectivity index (χ2n) is 4.50. The SMILES string of the molecule is COc1cc(S(=O)(=O)N(C)Cc2n[nH]c(C)n2)ccc1N. The summed E-state index contributed by atoms with van der Waals surface area (Å²) < 4.78 is 31.2. The third kappa shape index (κ3) is 3.14. The molecule has 0 aliphatic rings. The zero-order chi connectivity index (χ0) is 15.6. The van der Waals surface area contributed by atoms with E-state index in [9.17, 15) is 8.42 Å². The Morgan fingerprint density at radius 1 is 1.43 bits per heavy atom. The third-order valence-electron chi connectivity index (χ3n) is 2.92. The van der Waals surface area contributed by atoms with Gasteiger partial charge >= 0.3 is 0 Å². The number of nitrogens with zero attached hydrogens (tertiary/aromatic N) is 3. The van der Waals surface area contributed by atoms with Gasteiger partial charge in [0.15, 0.2) is 5.82 Å². The highest BCUT2D eigenvalue weighted by Gasteiger charge is 2.23. The molecule has 21 heavy (non-hydrogen) atoms. The molecule has 0 amide bonds. The van der Waals surface area contributed by atoms with Crippen LogP contribution in [-0.4, -0.2) is 42.1 Å². The first-order valence-corrected chi connectivity index (χ1v) is 7.56. The van der Waals surface area contributed by atoms with Crippen LogP contribution in [0.25, 0.3) is 0 Å². The quantitative estimate of drug-likeness (QED) is 0.778.